The molecule has 1 atom stereocenters. The molecule has 0 aromatic heterocycles. The predicted molar refractivity (Wildman–Crippen MR) is 119 cm³/mol. The number of nitrogens with zero attached hydrogens (tertiary/aromatic N) is 1. The number of nitrogens with one attached hydrogen (secondary N) is 1. The third-order valence-corrected chi connectivity index (χ3v) is 6.14. The van der Waals surface area contributed by atoms with Gasteiger partial charge in [0.25, 0.3) is 0 Å². The molecule has 0 fully saturated rings. The molecule has 2 nitrogen and oxygen atoms in total. The number of allylic oxidation sites excluding steroid dienone is 7. The Kier molecular flexibility index (Phi) is 8.50. The molecule has 3 heteroatoms. The van der Waals surface area contributed by atoms with E-state index in [2.05, 4.69) is 70.3 Å². The smallest absolute Gasteiger partial charge is 0.132 e. The molecule has 1 unspecified atom stereocenters. The molecule has 0 aromatic carbocycles. The molecule has 0 bridgehead atoms. The van der Waals surface area contributed by atoms with Crippen LogP contribution in [-0.2, 0) is 0 Å². The van der Waals surface area contributed by atoms with Crippen LogP contribution in [0.5, 0.6) is 0 Å². The fraction of sp³-hybridized carbons (Fsp3) is 0.522. The lowest BCUT2D eigenvalue weighted by atomic mass is 9.98. The van der Waals surface area contributed by atoms with Gasteiger partial charge in [-0.25, -0.2) is 0 Å². The molecule has 1 N–H and O–H groups in total. The summed E-state index contributed by atoms with van der Waals surface area (Å²) < 4.78 is 0. The molecule has 0 amide bonds. The van der Waals surface area contributed by atoms with Crippen molar-refractivity contribution in [3.05, 3.63) is 57.7 Å². The first kappa shape index (κ1) is 20.8. The van der Waals surface area contributed by atoms with Gasteiger partial charge in [0.1, 0.15) is 5.84 Å². The highest BCUT2D eigenvalue weighted by molar-refractivity contribution is 8.03. The van der Waals surface area contributed by atoms with Crippen LogP contribution >= 0.6 is 11.8 Å². The van der Waals surface area contributed by atoms with Crippen molar-refractivity contribution in [3.8, 4) is 0 Å². The fourth-order valence-electron chi connectivity index (χ4n) is 3.23. The zero-order valence-corrected chi connectivity index (χ0v) is 17.9. The molecule has 0 radical (unpaired) electrons. The Bertz CT molecular complexity index is 674. The second-order valence-corrected chi connectivity index (χ2v) is 7.87. The van der Waals surface area contributed by atoms with E-state index in [9.17, 15) is 0 Å². The van der Waals surface area contributed by atoms with Gasteiger partial charge in [-0.1, -0.05) is 51.2 Å². The summed E-state index contributed by atoms with van der Waals surface area (Å²) in [5.74, 6) is 2.58. The van der Waals surface area contributed by atoms with E-state index in [1.54, 1.807) is 0 Å². The molecular formula is C23H34N2S. The Morgan fingerprint density at radius 3 is 2.69 bits per heavy atom. The molecule has 2 rings (SSSR count). The van der Waals surface area contributed by atoms with Crippen molar-refractivity contribution in [2.75, 3.05) is 12.3 Å². The molecule has 142 valence electrons. The normalized spacial score (nSPS) is 22.2. The van der Waals surface area contributed by atoms with Gasteiger partial charge >= 0.3 is 0 Å². The Morgan fingerprint density at radius 2 is 2.12 bits per heavy atom. The van der Waals surface area contributed by atoms with Gasteiger partial charge < -0.3 is 5.32 Å². The molecule has 0 saturated heterocycles. The van der Waals surface area contributed by atoms with Crippen LogP contribution < -0.4 is 5.32 Å². The molecule has 0 aromatic rings. The van der Waals surface area contributed by atoms with Crippen molar-refractivity contribution < 1.29 is 0 Å². The van der Waals surface area contributed by atoms with E-state index in [0.717, 1.165) is 31.0 Å². The Morgan fingerprint density at radius 1 is 1.31 bits per heavy atom. The molecule has 26 heavy (non-hydrogen) atoms. The van der Waals surface area contributed by atoms with Gasteiger partial charge in [-0.05, 0) is 51.0 Å². The molecule has 1 aliphatic carbocycles. The number of rotatable bonds is 8. The van der Waals surface area contributed by atoms with Gasteiger partial charge in [0.2, 0.25) is 0 Å². The van der Waals surface area contributed by atoms with Crippen LogP contribution in [0.15, 0.2) is 62.7 Å². The van der Waals surface area contributed by atoms with E-state index in [-0.39, 0.29) is 0 Å². The van der Waals surface area contributed by atoms with Crippen LogP contribution in [0.25, 0.3) is 0 Å². The second kappa shape index (κ2) is 10.6. The summed E-state index contributed by atoms with van der Waals surface area (Å²) >= 11 is 1.95. The predicted octanol–water partition coefficient (Wildman–Crippen LogP) is 6.56. The first-order valence-electron chi connectivity index (χ1n) is 10.0. The molecule has 0 saturated carbocycles. The van der Waals surface area contributed by atoms with Crippen LogP contribution in [0, 0.1) is 5.92 Å². The second-order valence-electron chi connectivity index (χ2n) is 6.86. The zero-order chi connectivity index (χ0) is 18.9. The van der Waals surface area contributed by atoms with Crippen LogP contribution in [0.1, 0.15) is 60.3 Å². The van der Waals surface area contributed by atoms with Gasteiger partial charge in [0.15, 0.2) is 0 Å². The third kappa shape index (κ3) is 5.03. The average Bonchev–Trinajstić information content (AvgIpc) is 3.05. The van der Waals surface area contributed by atoms with Gasteiger partial charge in [-0.15, -0.1) is 11.8 Å². The van der Waals surface area contributed by atoms with Crippen molar-refractivity contribution in [3.63, 3.8) is 0 Å². The van der Waals surface area contributed by atoms with E-state index in [1.165, 1.54) is 40.2 Å². The molecule has 2 aliphatic rings. The van der Waals surface area contributed by atoms with Gasteiger partial charge in [-0.3, -0.25) is 4.99 Å². The minimum atomic E-state index is 0.499. The van der Waals surface area contributed by atoms with E-state index < -0.39 is 0 Å². The number of aliphatic imine (C=N–C) groups is 1. The summed E-state index contributed by atoms with van der Waals surface area (Å²) in [6.45, 7) is 11.9. The summed E-state index contributed by atoms with van der Waals surface area (Å²) in [6.07, 6.45) is 16.0. The quantitative estimate of drug-likeness (QED) is 0.523. The van der Waals surface area contributed by atoms with Crippen molar-refractivity contribution in [1.29, 1.82) is 0 Å². The van der Waals surface area contributed by atoms with Crippen LogP contribution in [0.4, 0.5) is 0 Å². The van der Waals surface area contributed by atoms with Gasteiger partial charge in [-0.2, -0.15) is 0 Å². The number of amidine groups is 1. The molecular weight excluding hydrogens is 336 g/mol. The van der Waals surface area contributed by atoms with Crippen molar-refractivity contribution in [2.45, 2.75) is 60.3 Å². The van der Waals surface area contributed by atoms with Gasteiger partial charge in [0.05, 0.1) is 0 Å². The van der Waals surface area contributed by atoms with Crippen LogP contribution in [-0.4, -0.2) is 18.1 Å². The Hall–Kier alpha value is -1.48. The summed E-state index contributed by atoms with van der Waals surface area (Å²) in [5, 5.41) is 3.66. The lowest BCUT2D eigenvalue weighted by molar-refractivity contribution is 0.630. The highest BCUT2D eigenvalue weighted by atomic mass is 32.2. The average molecular weight is 371 g/mol. The molecule has 1 heterocycles. The van der Waals surface area contributed by atoms with Gasteiger partial charge in [0, 0.05) is 34.0 Å². The Labute approximate surface area is 164 Å². The maximum Gasteiger partial charge on any atom is 0.132 e. The van der Waals surface area contributed by atoms with Crippen molar-refractivity contribution in [2.24, 2.45) is 10.9 Å². The first-order valence-corrected chi connectivity index (χ1v) is 11.0. The molecule has 1 aliphatic heterocycles. The van der Waals surface area contributed by atoms with Crippen molar-refractivity contribution in [1.82, 2.24) is 5.32 Å². The van der Waals surface area contributed by atoms with E-state index in [0.29, 0.717) is 5.92 Å². The van der Waals surface area contributed by atoms with Crippen LogP contribution in [0.2, 0.25) is 0 Å². The Balaban J connectivity index is 2.31. The van der Waals surface area contributed by atoms with E-state index in [4.69, 9.17) is 4.99 Å². The monoisotopic (exact) mass is 370 g/mol. The standard InChI is InChI=1S/C23H34N2S/c1-6-15-24-23-19(8-3)21(22(25-23)17(5)7-2)20(9-4)26-16-18-13-11-10-12-14-18/h8-9,11,13-14,17H,6-7,10,12,15-16H2,1-5H3,(H,24,25)/b19-8-,20-9+. The number of thioether (sulfide) groups is 1. The lowest BCUT2D eigenvalue weighted by Crippen LogP contribution is -2.21. The topological polar surface area (TPSA) is 24.4 Å². The summed E-state index contributed by atoms with van der Waals surface area (Å²) in [6, 6.07) is 0. The number of hydrogen-bond acceptors (Lipinski definition) is 2. The highest BCUT2D eigenvalue weighted by Crippen LogP contribution is 2.39. The maximum absolute atomic E-state index is 4.81. The third-order valence-electron chi connectivity index (χ3n) is 4.91. The van der Waals surface area contributed by atoms with Crippen molar-refractivity contribution >= 4 is 17.6 Å². The number of hydrogen-bond donors (Lipinski definition) is 1. The fourth-order valence-corrected chi connectivity index (χ4v) is 4.29. The van der Waals surface area contributed by atoms with E-state index in [1.807, 2.05) is 11.8 Å². The lowest BCUT2D eigenvalue weighted by Gasteiger charge is -2.16. The first-order chi connectivity index (χ1) is 12.7. The van der Waals surface area contributed by atoms with Crippen LogP contribution in [0.3, 0.4) is 0 Å². The highest BCUT2D eigenvalue weighted by Gasteiger charge is 2.29. The minimum Gasteiger partial charge on any atom is -0.343 e. The maximum atomic E-state index is 4.81. The SMILES string of the molecule is C/C=C1/C(/C(=C\C)SCC2=CCCC=C2)=C(C(C)CC)N/C1=N/CCC. The largest absolute Gasteiger partial charge is 0.343 e. The summed E-state index contributed by atoms with van der Waals surface area (Å²) in [5.41, 5.74) is 5.41. The molecule has 0 spiro atoms. The zero-order valence-electron chi connectivity index (χ0n) is 17.1. The minimum absolute atomic E-state index is 0.499. The summed E-state index contributed by atoms with van der Waals surface area (Å²) in [4.78, 5) is 6.18. The van der Waals surface area contributed by atoms with E-state index >= 15 is 0 Å². The summed E-state index contributed by atoms with van der Waals surface area (Å²) in [7, 11) is 0.